The summed E-state index contributed by atoms with van der Waals surface area (Å²) in [4.78, 5) is 2.29. The van der Waals surface area contributed by atoms with E-state index in [0.29, 0.717) is 12.8 Å². The first-order valence-electron chi connectivity index (χ1n) is 3.74. The van der Waals surface area contributed by atoms with Crippen LogP contribution >= 0.6 is 22.6 Å². The Morgan fingerprint density at radius 2 is 2.00 bits per heavy atom. The van der Waals surface area contributed by atoms with Crippen LogP contribution in [-0.4, -0.2) is 28.2 Å². The van der Waals surface area contributed by atoms with Crippen LogP contribution in [0.25, 0.3) is 0 Å². The highest BCUT2D eigenvalue weighted by Gasteiger charge is 2.30. The fourth-order valence-corrected chi connectivity index (χ4v) is 1.68. The molecule has 1 heterocycles. The predicted octanol–water partition coefficient (Wildman–Crippen LogP) is 2.20. The van der Waals surface area contributed by atoms with Crippen LogP contribution < -0.4 is 0 Å². The molecule has 1 rings (SSSR count). The maximum atomic E-state index is 13.1. The Hall–Kier alpha value is 0.620. The summed E-state index contributed by atoms with van der Waals surface area (Å²) in [5.41, 5.74) is 0. The van der Waals surface area contributed by atoms with E-state index in [9.17, 15) is 4.39 Å². The molecule has 0 N–H and O–H groups in total. The van der Waals surface area contributed by atoms with E-state index in [-0.39, 0.29) is 0 Å². The minimum absolute atomic E-state index is 0.696. The highest BCUT2D eigenvalue weighted by molar-refractivity contribution is 14.1. The number of alkyl halides is 2. The third-order valence-electron chi connectivity index (χ3n) is 2.03. The number of nitrogens with zero attached hydrogens (tertiary/aromatic N) is 1. The van der Waals surface area contributed by atoms with E-state index in [2.05, 4.69) is 11.8 Å². The molecule has 0 aromatic carbocycles. The van der Waals surface area contributed by atoms with Crippen molar-refractivity contribution >= 4 is 22.6 Å². The van der Waals surface area contributed by atoms with Crippen molar-refractivity contribution < 1.29 is 4.39 Å². The molecule has 1 aliphatic heterocycles. The van der Waals surface area contributed by atoms with Gasteiger partial charge in [0, 0.05) is 25.9 Å². The van der Waals surface area contributed by atoms with Crippen LogP contribution in [0.2, 0.25) is 0 Å². The van der Waals surface area contributed by atoms with Crippen LogP contribution in [0.4, 0.5) is 4.39 Å². The zero-order chi connectivity index (χ0) is 7.61. The zero-order valence-corrected chi connectivity index (χ0v) is 8.40. The van der Waals surface area contributed by atoms with Crippen molar-refractivity contribution in [2.24, 2.45) is 0 Å². The van der Waals surface area contributed by atoms with E-state index in [1.165, 1.54) is 0 Å². The van der Waals surface area contributed by atoms with Gasteiger partial charge < -0.3 is 4.90 Å². The van der Waals surface area contributed by atoms with Crippen LogP contribution in [0.3, 0.4) is 0 Å². The molecule has 0 unspecified atom stereocenters. The quantitative estimate of drug-likeness (QED) is 0.514. The summed E-state index contributed by atoms with van der Waals surface area (Å²) < 4.78 is 12.2. The van der Waals surface area contributed by atoms with Gasteiger partial charge in [0.2, 0.25) is 0 Å². The van der Waals surface area contributed by atoms with Gasteiger partial charge in [-0.05, 0) is 29.1 Å². The smallest absolute Gasteiger partial charge is 0.163 e. The molecular formula is C7H13FIN. The number of hydrogen-bond acceptors (Lipinski definition) is 1. The molecular weight excluding hydrogens is 244 g/mol. The lowest BCUT2D eigenvalue weighted by Crippen LogP contribution is -2.38. The van der Waals surface area contributed by atoms with Gasteiger partial charge in [0.05, 0.1) is 0 Å². The van der Waals surface area contributed by atoms with E-state index < -0.39 is 3.68 Å². The molecule has 1 saturated heterocycles. The first kappa shape index (κ1) is 8.71. The van der Waals surface area contributed by atoms with Gasteiger partial charge in [-0.3, -0.25) is 0 Å². The molecule has 0 spiro atoms. The topological polar surface area (TPSA) is 3.24 Å². The summed E-state index contributed by atoms with van der Waals surface area (Å²) in [7, 11) is 0. The summed E-state index contributed by atoms with van der Waals surface area (Å²) in [6.45, 7) is 5.04. The Labute approximate surface area is 75.1 Å². The molecule has 0 aromatic heterocycles. The number of rotatable bonds is 1. The molecule has 1 nitrogen and oxygen atoms in total. The van der Waals surface area contributed by atoms with Gasteiger partial charge in [-0.15, -0.1) is 0 Å². The number of piperidine rings is 1. The van der Waals surface area contributed by atoms with Gasteiger partial charge in [0.1, 0.15) is 0 Å². The average molecular weight is 257 g/mol. The SMILES string of the molecule is CCN1CCC(F)(I)CC1. The fraction of sp³-hybridized carbons (Fsp3) is 1.00. The summed E-state index contributed by atoms with van der Waals surface area (Å²) in [5.74, 6) is 0. The van der Waals surface area contributed by atoms with Crippen molar-refractivity contribution in [1.29, 1.82) is 0 Å². The van der Waals surface area contributed by atoms with E-state index >= 15 is 0 Å². The maximum Gasteiger partial charge on any atom is 0.163 e. The van der Waals surface area contributed by atoms with E-state index in [1.54, 1.807) is 0 Å². The number of likely N-dealkylation sites (tertiary alicyclic amines) is 1. The van der Waals surface area contributed by atoms with Crippen LogP contribution in [0.15, 0.2) is 0 Å². The van der Waals surface area contributed by atoms with Gasteiger partial charge in [-0.1, -0.05) is 6.92 Å². The second-order valence-corrected chi connectivity index (χ2v) is 4.72. The fourth-order valence-electron chi connectivity index (χ4n) is 1.20. The molecule has 1 fully saturated rings. The van der Waals surface area contributed by atoms with Gasteiger partial charge in [-0.25, -0.2) is 4.39 Å². The molecule has 0 saturated carbocycles. The normalized spacial score (nSPS) is 26.7. The van der Waals surface area contributed by atoms with Crippen LogP contribution in [0.5, 0.6) is 0 Å². The molecule has 3 heteroatoms. The van der Waals surface area contributed by atoms with Crippen molar-refractivity contribution in [3.05, 3.63) is 0 Å². The molecule has 0 amide bonds. The third kappa shape index (κ3) is 2.34. The van der Waals surface area contributed by atoms with Gasteiger partial charge in [0.15, 0.2) is 3.68 Å². The minimum Gasteiger partial charge on any atom is -0.303 e. The Bertz CT molecular complexity index is 106. The van der Waals surface area contributed by atoms with Crippen LogP contribution in [0, 0.1) is 0 Å². The standard InChI is InChI=1S/C7H13FIN/c1-2-10-5-3-7(8,9)4-6-10/h2-6H2,1H3. The highest BCUT2D eigenvalue weighted by atomic mass is 127. The van der Waals surface area contributed by atoms with Crippen LogP contribution in [0.1, 0.15) is 19.8 Å². The monoisotopic (exact) mass is 257 g/mol. The summed E-state index contributed by atoms with van der Waals surface area (Å²) >= 11 is 1.92. The minimum atomic E-state index is -0.913. The summed E-state index contributed by atoms with van der Waals surface area (Å²) in [5, 5.41) is 0. The van der Waals surface area contributed by atoms with Crippen molar-refractivity contribution in [1.82, 2.24) is 4.90 Å². The predicted molar refractivity (Wildman–Crippen MR) is 49.2 cm³/mol. The Balaban J connectivity index is 2.31. The number of hydrogen-bond donors (Lipinski definition) is 0. The third-order valence-corrected chi connectivity index (χ3v) is 3.11. The lowest BCUT2D eigenvalue weighted by Gasteiger charge is -2.31. The second-order valence-electron chi connectivity index (χ2n) is 2.79. The molecule has 0 aromatic rings. The first-order valence-corrected chi connectivity index (χ1v) is 4.82. The van der Waals surface area contributed by atoms with E-state index in [1.807, 2.05) is 22.6 Å². The Morgan fingerprint density at radius 3 is 2.40 bits per heavy atom. The lowest BCUT2D eigenvalue weighted by atomic mass is 10.1. The van der Waals surface area contributed by atoms with E-state index in [0.717, 1.165) is 19.6 Å². The average Bonchev–Trinajstić information content (AvgIpc) is 1.88. The van der Waals surface area contributed by atoms with Gasteiger partial charge >= 0.3 is 0 Å². The Kier molecular flexibility index (Phi) is 2.91. The van der Waals surface area contributed by atoms with Crippen molar-refractivity contribution in [3.63, 3.8) is 0 Å². The van der Waals surface area contributed by atoms with Crippen molar-refractivity contribution in [2.75, 3.05) is 19.6 Å². The van der Waals surface area contributed by atoms with Crippen molar-refractivity contribution in [2.45, 2.75) is 23.4 Å². The van der Waals surface area contributed by atoms with Crippen molar-refractivity contribution in [3.8, 4) is 0 Å². The number of halogens is 2. The summed E-state index contributed by atoms with van der Waals surface area (Å²) in [6, 6.07) is 0. The van der Waals surface area contributed by atoms with E-state index in [4.69, 9.17) is 0 Å². The second kappa shape index (κ2) is 3.34. The van der Waals surface area contributed by atoms with Gasteiger partial charge in [0.25, 0.3) is 0 Å². The maximum absolute atomic E-state index is 13.1. The van der Waals surface area contributed by atoms with Crippen LogP contribution in [-0.2, 0) is 0 Å². The lowest BCUT2D eigenvalue weighted by molar-refractivity contribution is 0.145. The highest BCUT2D eigenvalue weighted by Crippen LogP contribution is 2.32. The molecule has 60 valence electrons. The first-order chi connectivity index (χ1) is 4.64. The summed E-state index contributed by atoms with van der Waals surface area (Å²) in [6.07, 6.45) is 1.39. The van der Waals surface area contributed by atoms with Gasteiger partial charge in [-0.2, -0.15) is 0 Å². The zero-order valence-electron chi connectivity index (χ0n) is 6.24. The molecule has 0 radical (unpaired) electrons. The molecule has 10 heavy (non-hydrogen) atoms. The molecule has 0 bridgehead atoms. The largest absolute Gasteiger partial charge is 0.303 e. The Morgan fingerprint density at radius 1 is 1.50 bits per heavy atom. The molecule has 0 atom stereocenters. The molecule has 1 aliphatic rings. The molecule has 0 aliphatic carbocycles.